The zero-order chi connectivity index (χ0) is 13.2. The third kappa shape index (κ3) is 2.49. The molecule has 19 heavy (non-hydrogen) atoms. The fourth-order valence-corrected chi connectivity index (χ4v) is 3.09. The Morgan fingerprint density at radius 1 is 1.32 bits per heavy atom. The van der Waals surface area contributed by atoms with Crippen LogP contribution in [0.2, 0.25) is 0 Å². The van der Waals surface area contributed by atoms with Crippen LogP contribution in [0.4, 0.5) is 0 Å². The Balaban J connectivity index is 1.89. The van der Waals surface area contributed by atoms with Crippen molar-refractivity contribution >= 4 is 17.7 Å². The number of nitrogens with zero attached hydrogens (tertiary/aromatic N) is 3. The maximum atomic E-state index is 11.1. The van der Waals surface area contributed by atoms with Gasteiger partial charge in [0.15, 0.2) is 5.16 Å². The third-order valence-corrected chi connectivity index (χ3v) is 4.02. The van der Waals surface area contributed by atoms with E-state index in [1.807, 2.05) is 41.8 Å². The second-order valence-electron chi connectivity index (χ2n) is 4.33. The van der Waals surface area contributed by atoms with Crippen LogP contribution >= 0.6 is 11.8 Å². The molecule has 0 radical (unpaired) electrons. The van der Waals surface area contributed by atoms with Crippen LogP contribution in [-0.4, -0.2) is 32.6 Å². The summed E-state index contributed by atoms with van der Waals surface area (Å²) in [6.45, 7) is 2.37. The van der Waals surface area contributed by atoms with E-state index >= 15 is 0 Å². The average Bonchev–Trinajstić information content (AvgIpc) is 2.98. The Hall–Kier alpha value is -1.82. The van der Waals surface area contributed by atoms with Gasteiger partial charge in [-0.2, -0.15) is 0 Å². The van der Waals surface area contributed by atoms with E-state index in [2.05, 4.69) is 10.2 Å². The molecule has 98 valence electrons. The van der Waals surface area contributed by atoms with Crippen molar-refractivity contribution in [2.75, 3.05) is 6.61 Å². The minimum atomic E-state index is -0.139. The molecule has 1 atom stereocenters. The van der Waals surface area contributed by atoms with Gasteiger partial charge in [0.1, 0.15) is 12.4 Å². The molecule has 1 aromatic carbocycles. The minimum Gasteiger partial charge on any atom is -0.464 e. The fourth-order valence-electron chi connectivity index (χ4n) is 2.01. The molecule has 6 heteroatoms. The van der Waals surface area contributed by atoms with Gasteiger partial charge in [-0.15, -0.1) is 10.2 Å². The number of carbonyl (C=O) groups excluding carboxylic acids is 1. The number of hydrogen-bond donors (Lipinski definition) is 0. The SMILES string of the molecule is Cc1nnc(SC2COC(=O)C2)n1-c1ccccc1. The summed E-state index contributed by atoms with van der Waals surface area (Å²) >= 11 is 1.54. The summed E-state index contributed by atoms with van der Waals surface area (Å²) in [6.07, 6.45) is 0.436. The maximum Gasteiger partial charge on any atom is 0.307 e. The lowest BCUT2D eigenvalue weighted by molar-refractivity contribution is -0.137. The largest absolute Gasteiger partial charge is 0.464 e. The van der Waals surface area contributed by atoms with Crippen molar-refractivity contribution in [2.24, 2.45) is 0 Å². The lowest BCUT2D eigenvalue weighted by Crippen LogP contribution is -2.05. The molecule has 1 aromatic heterocycles. The number of aryl methyl sites for hydroxylation is 1. The van der Waals surface area contributed by atoms with E-state index in [1.165, 1.54) is 0 Å². The minimum absolute atomic E-state index is 0.124. The number of esters is 1. The normalized spacial score (nSPS) is 18.6. The quantitative estimate of drug-likeness (QED) is 0.802. The van der Waals surface area contributed by atoms with Gasteiger partial charge in [-0.25, -0.2) is 0 Å². The second-order valence-corrected chi connectivity index (χ2v) is 5.60. The molecule has 0 saturated carbocycles. The Kier molecular flexibility index (Phi) is 3.25. The average molecular weight is 275 g/mol. The van der Waals surface area contributed by atoms with E-state index in [9.17, 15) is 4.79 Å². The molecule has 1 aliphatic rings. The van der Waals surface area contributed by atoms with Crippen LogP contribution in [-0.2, 0) is 9.53 Å². The van der Waals surface area contributed by atoms with Crippen LogP contribution in [0.3, 0.4) is 0 Å². The highest BCUT2D eigenvalue weighted by atomic mass is 32.2. The third-order valence-electron chi connectivity index (χ3n) is 2.91. The van der Waals surface area contributed by atoms with Gasteiger partial charge < -0.3 is 4.74 Å². The first-order chi connectivity index (χ1) is 9.24. The molecular weight excluding hydrogens is 262 g/mol. The Bertz CT molecular complexity index is 597. The fraction of sp³-hybridized carbons (Fsp3) is 0.308. The summed E-state index contributed by atoms with van der Waals surface area (Å²) in [7, 11) is 0. The van der Waals surface area contributed by atoms with Gasteiger partial charge in [-0.1, -0.05) is 30.0 Å². The number of cyclic esters (lactones) is 1. The van der Waals surface area contributed by atoms with Gasteiger partial charge in [0.05, 0.1) is 11.7 Å². The monoisotopic (exact) mass is 275 g/mol. The van der Waals surface area contributed by atoms with Crippen molar-refractivity contribution in [3.63, 3.8) is 0 Å². The smallest absolute Gasteiger partial charge is 0.307 e. The van der Waals surface area contributed by atoms with Crippen molar-refractivity contribution in [1.29, 1.82) is 0 Å². The van der Waals surface area contributed by atoms with Crippen molar-refractivity contribution in [3.05, 3.63) is 36.2 Å². The summed E-state index contributed by atoms with van der Waals surface area (Å²) in [4.78, 5) is 11.1. The standard InChI is InChI=1S/C13H13N3O2S/c1-9-14-15-13(19-11-7-12(17)18-8-11)16(9)10-5-3-2-4-6-10/h2-6,11H,7-8H2,1H3. The molecule has 3 rings (SSSR count). The maximum absolute atomic E-state index is 11.1. The van der Waals surface area contributed by atoms with Gasteiger partial charge in [0.25, 0.3) is 0 Å². The van der Waals surface area contributed by atoms with E-state index in [4.69, 9.17) is 4.74 Å². The van der Waals surface area contributed by atoms with Gasteiger partial charge in [0, 0.05) is 5.69 Å². The van der Waals surface area contributed by atoms with Crippen LogP contribution in [0, 0.1) is 6.92 Å². The summed E-state index contributed by atoms with van der Waals surface area (Å²) in [6, 6.07) is 9.95. The number of rotatable bonds is 3. The summed E-state index contributed by atoms with van der Waals surface area (Å²) < 4.78 is 6.97. The van der Waals surface area contributed by atoms with Crippen LogP contribution in [0.1, 0.15) is 12.2 Å². The molecule has 0 N–H and O–H groups in total. The number of carbonyl (C=O) groups is 1. The molecule has 1 unspecified atom stereocenters. The van der Waals surface area contributed by atoms with Gasteiger partial charge >= 0.3 is 5.97 Å². The van der Waals surface area contributed by atoms with Gasteiger partial charge in [-0.3, -0.25) is 9.36 Å². The summed E-state index contributed by atoms with van der Waals surface area (Å²) in [5, 5.41) is 9.23. The zero-order valence-electron chi connectivity index (χ0n) is 10.4. The van der Waals surface area contributed by atoms with E-state index in [-0.39, 0.29) is 11.2 Å². The summed E-state index contributed by atoms with van der Waals surface area (Å²) in [5.41, 5.74) is 1.03. The molecule has 2 heterocycles. The zero-order valence-corrected chi connectivity index (χ0v) is 11.3. The van der Waals surface area contributed by atoms with E-state index in [1.54, 1.807) is 11.8 Å². The lowest BCUT2D eigenvalue weighted by Gasteiger charge is -2.09. The molecular formula is C13H13N3O2S. The molecule has 0 bridgehead atoms. The van der Waals surface area contributed by atoms with E-state index in [0.29, 0.717) is 13.0 Å². The van der Waals surface area contributed by atoms with Crippen LogP contribution in [0.25, 0.3) is 5.69 Å². The first kappa shape index (κ1) is 12.2. The van der Waals surface area contributed by atoms with Gasteiger partial charge in [-0.05, 0) is 19.1 Å². The molecule has 0 aliphatic carbocycles. The lowest BCUT2D eigenvalue weighted by atomic mass is 10.3. The number of ether oxygens (including phenoxy) is 1. The number of hydrogen-bond acceptors (Lipinski definition) is 5. The summed E-state index contributed by atoms with van der Waals surface area (Å²) in [5.74, 6) is 0.693. The number of para-hydroxylation sites is 1. The molecule has 1 saturated heterocycles. The molecule has 5 nitrogen and oxygen atoms in total. The molecule has 1 fully saturated rings. The molecule has 2 aromatic rings. The van der Waals surface area contributed by atoms with Gasteiger partial charge in [0.2, 0.25) is 0 Å². The van der Waals surface area contributed by atoms with Crippen molar-refractivity contribution < 1.29 is 9.53 Å². The number of benzene rings is 1. The number of thioether (sulfide) groups is 1. The van der Waals surface area contributed by atoms with Crippen molar-refractivity contribution in [1.82, 2.24) is 14.8 Å². The molecule has 0 amide bonds. The Labute approximate surface area is 115 Å². The molecule has 1 aliphatic heterocycles. The first-order valence-corrected chi connectivity index (χ1v) is 6.92. The highest BCUT2D eigenvalue weighted by Crippen LogP contribution is 2.29. The number of aromatic nitrogens is 3. The molecule has 0 spiro atoms. The Morgan fingerprint density at radius 2 is 2.11 bits per heavy atom. The second kappa shape index (κ2) is 5.05. The van der Waals surface area contributed by atoms with Crippen LogP contribution in [0.5, 0.6) is 0 Å². The first-order valence-electron chi connectivity index (χ1n) is 6.04. The predicted octanol–water partition coefficient (Wildman–Crippen LogP) is 1.98. The topological polar surface area (TPSA) is 57.0 Å². The van der Waals surface area contributed by atoms with Crippen LogP contribution in [0.15, 0.2) is 35.5 Å². The predicted molar refractivity (Wildman–Crippen MR) is 71.3 cm³/mol. The highest BCUT2D eigenvalue weighted by Gasteiger charge is 2.27. The van der Waals surface area contributed by atoms with Crippen molar-refractivity contribution in [3.8, 4) is 5.69 Å². The Morgan fingerprint density at radius 3 is 2.79 bits per heavy atom. The van der Waals surface area contributed by atoms with Crippen molar-refractivity contribution in [2.45, 2.75) is 23.8 Å². The highest BCUT2D eigenvalue weighted by molar-refractivity contribution is 7.99. The van der Waals surface area contributed by atoms with E-state index < -0.39 is 0 Å². The van der Waals surface area contributed by atoms with Crippen LogP contribution < -0.4 is 0 Å². The van der Waals surface area contributed by atoms with E-state index in [0.717, 1.165) is 16.7 Å².